The molecule has 0 aromatic carbocycles. The van der Waals surface area contributed by atoms with Gasteiger partial charge in [0.05, 0.1) is 30.6 Å². The van der Waals surface area contributed by atoms with E-state index in [1.807, 2.05) is 4.68 Å². The van der Waals surface area contributed by atoms with Crippen molar-refractivity contribution < 1.29 is 14.3 Å². The first-order valence-electron chi connectivity index (χ1n) is 7.22. The van der Waals surface area contributed by atoms with Crippen LogP contribution in [-0.2, 0) is 20.9 Å². The Bertz CT molecular complexity index is 575. The number of hydrogen-bond donors (Lipinski definition) is 0. The lowest BCUT2D eigenvalue weighted by Crippen LogP contribution is -2.52. The van der Waals surface area contributed by atoms with E-state index in [9.17, 15) is 9.59 Å². The van der Waals surface area contributed by atoms with Crippen LogP contribution in [0.1, 0.15) is 38.9 Å². The van der Waals surface area contributed by atoms with Gasteiger partial charge in [-0.05, 0) is 6.42 Å². The number of nitrogens with zero attached hydrogens (tertiary/aromatic N) is 4. The Morgan fingerprint density at radius 1 is 1.38 bits per heavy atom. The Balaban J connectivity index is 1.78. The highest BCUT2D eigenvalue weighted by Gasteiger charge is 2.40. The van der Waals surface area contributed by atoms with Gasteiger partial charge in [-0.15, -0.1) is 5.10 Å². The largest absolute Gasteiger partial charge is 0.370 e. The maximum absolute atomic E-state index is 12.4. The van der Waals surface area contributed by atoms with Crippen LogP contribution in [0.2, 0.25) is 0 Å². The average molecular weight is 292 g/mol. The van der Waals surface area contributed by atoms with Gasteiger partial charge < -0.3 is 9.64 Å². The lowest BCUT2D eigenvalue weighted by Gasteiger charge is -2.41. The van der Waals surface area contributed by atoms with E-state index in [0.717, 1.165) is 5.69 Å². The smallest absolute Gasteiger partial charge is 0.290 e. The van der Waals surface area contributed by atoms with Crippen molar-refractivity contribution in [2.45, 2.75) is 45.9 Å². The fraction of sp³-hybridized carbons (Fsp3) is 0.714. The van der Waals surface area contributed by atoms with E-state index >= 15 is 0 Å². The van der Waals surface area contributed by atoms with Crippen LogP contribution in [0, 0.1) is 5.41 Å². The van der Waals surface area contributed by atoms with E-state index in [0.29, 0.717) is 26.1 Å². The summed E-state index contributed by atoms with van der Waals surface area (Å²) < 4.78 is 7.63. The number of likely N-dealkylation sites (tertiary alicyclic amines) is 1. The summed E-state index contributed by atoms with van der Waals surface area (Å²) in [6.45, 7) is 6.79. The van der Waals surface area contributed by atoms with Crippen molar-refractivity contribution in [3.63, 3.8) is 0 Å². The molecule has 0 bridgehead atoms. The molecule has 114 valence electrons. The summed E-state index contributed by atoms with van der Waals surface area (Å²) in [4.78, 5) is 26.1. The molecule has 2 aliphatic rings. The Morgan fingerprint density at radius 2 is 2.14 bits per heavy atom. The summed E-state index contributed by atoms with van der Waals surface area (Å²) in [6.07, 6.45) is 2.43. The maximum atomic E-state index is 12.4. The molecule has 7 heteroatoms. The predicted molar refractivity (Wildman–Crippen MR) is 73.3 cm³/mol. The number of fused-ring (bicyclic) bond motifs is 3. The summed E-state index contributed by atoms with van der Waals surface area (Å²) >= 11 is 0. The quantitative estimate of drug-likeness (QED) is 0.707. The fourth-order valence-corrected chi connectivity index (χ4v) is 2.83. The lowest BCUT2D eigenvalue weighted by atomic mass is 9.89. The van der Waals surface area contributed by atoms with Crippen LogP contribution in [0.5, 0.6) is 0 Å². The van der Waals surface area contributed by atoms with Gasteiger partial charge in [0.25, 0.3) is 5.91 Å². The van der Waals surface area contributed by atoms with Gasteiger partial charge in [0.15, 0.2) is 0 Å². The Hall–Kier alpha value is -1.76. The van der Waals surface area contributed by atoms with Gasteiger partial charge in [-0.2, -0.15) is 0 Å². The second kappa shape index (κ2) is 4.91. The van der Waals surface area contributed by atoms with E-state index in [1.54, 1.807) is 31.9 Å². The molecule has 3 rings (SSSR count). The summed E-state index contributed by atoms with van der Waals surface area (Å²) in [7, 11) is 0. The zero-order valence-electron chi connectivity index (χ0n) is 12.6. The summed E-state index contributed by atoms with van der Waals surface area (Å²) in [5, 5.41) is 7.99. The van der Waals surface area contributed by atoms with Crippen LogP contribution in [0.4, 0.5) is 0 Å². The lowest BCUT2D eigenvalue weighted by molar-refractivity contribution is -0.152. The predicted octanol–water partition coefficient (Wildman–Crippen LogP) is 0.565. The molecule has 1 fully saturated rings. The summed E-state index contributed by atoms with van der Waals surface area (Å²) in [6, 6.07) is -0.0540. The van der Waals surface area contributed by atoms with Crippen molar-refractivity contribution in [1.29, 1.82) is 0 Å². The van der Waals surface area contributed by atoms with Crippen molar-refractivity contribution in [1.82, 2.24) is 19.9 Å². The van der Waals surface area contributed by atoms with Crippen LogP contribution < -0.4 is 0 Å². The molecule has 21 heavy (non-hydrogen) atoms. The number of aromatic nitrogens is 3. The van der Waals surface area contributed by atoms with Gasteiger partial charge in [0.1, 0.15) is 0 Å². The molecule has 0 unspecified atom stereocenters. The summed E-state index contributed by atoms with van der Waals surface area (Å²) in [5.74, 6) is -0.760. The molecule has 0 spiro atoms. The Labute approximate surface area is 123 Å². The highest BCUT2D eigenvalue weighted by molar-refractivity contribution is 6.37. The van der Waals surface area contributed by atoms with Gasteiger partial charge in [0, 0.05) is 18.5 Å². The zero-order chi connectivity index (χ0) is 15.2. The van der Waals surface area contributed by atoms with Crippen molar-refractivity contribution >= 4 is 11.7 Å². The van der Waals surface area contributed by atoms with Gasteiger partial charge in [-0.1, -0.05) is 26.0 Å². The van der Waals surface area contributed by atoms with Gasteiger partial charge in [-0.25, -0.2) is 4.68 Å². The van der Waals surface area contributed by atoms with Crippen molar-refractivity contribution in [2.75, 3.05) is 13.1 Å². The minimum Gasteiger partial charge on any atom is -0.370 e. The first-order chi connectivity index (χ1) is 9.88. The SMILES string of the molecule is CC(C)(C)C(=O)C(=O)N1CC[C@H]2OCc3cnnn3[C@H]2C1. The maximum Gasteiger partial charge on any atom is 0.290 e. The monoisotopic (exact) mass is 292 g/mol. The third kappa shape index (κ3) is 2.46. The molecule has 1 saturated heterocycles. The van der Waals surface area contributed by atoms with Crippen LogP contribution in [-0.4, -0.2) is 50.8 Å². The highest BCUT2D eigenvalue weighted by Crippen LogP contribution is 2.30. The van der Waals surface area contributed by atoms with Crippen LogP contribution >= 0.6 is 0 Å². The van der Waals surface area contributed by atoms with Crippen molar-refractivity contribution in [3.05, 3.63) is 11.9 Å². The first kappa shape index (κ1) is 14.2. The molecular formula is C14H20N4O3. The highest BCUT2D eigenvalue weighted by atomic mass is 16.5. The number of rotatable bonds is 1. The van der Waals surface area contributed by atoms with Crippen molar-refractivity contribution in [3.8, 4) is 0 Å². The normalized spacial score (nSPS) is 25.2. The minimum absolute atomic E-state index is 0.0352. The number of ketones is 1. The number of carbonyl (C=O) groups is 2. The molecule has 2 aliphatic heterocycles. The molecule has 1 aromatic rings. The second-order valence-electron chi connectivity index (χ2n) is 6.71. The van der Waals surface area contributed by atoms with Crippen LogP contribution in [0.25, 0.3) is 0 Å². The van der Waals surface area contributed by atoms with Crippen molar-refractivity contribution in [2.24, 2.45) is 5.41 Å². The molecule has 0 radical (unpaired) electrons. The van der Waals surface area contributed by atoms with Gasteiger partial charge in [0.2, 0.25) is 5.78 Å². The standard InChI is InChI=1S/C14H20N4O3/c1-14(2,3)12(19)13(20)17-5-4-11-10(7-17)18-9(8-21-11)6-15-16-18/h6,10-11H,4-5,7-8H2,1-3H3/t10-,11+/m0/s1. The summed E-state index contributed by atoms with van der Waals surface area (Å²) in [5.41, 5.74) is 0.253. The minimum atomic E-state index is -0.657. The molecule has 1 amide bonds. The van der Waals surface area contributed by atoms with E-state index in [2.05, 4.69) is 10.3 Å². The zero-order valence-corrected chi connectivity index (χ0v) is 12.6. The molecule has 3 heterocycles. The van der Waals surface area contributed by atoms with E-state index in [1.165, 1.54) is 0 Å². The first-order valence-corrected chi connectivity index (χ1v) is 7.22. The Morgan fingerprint density at radius 3 is 2.86 bits per heavy atom. The van der Waals surface area contributed by atoms with Gasteiger partial charge in [-0.3, -0.25) is 9.59 Å². The molecule has 2 atom stereocenters. The van der Waals surface area contributed by atoms with Crippen LogP contribution in [0.3, 0.4) is 0 Å². The molecule has 0 saturated carbocycles. The molecule has 1 aromatic heterocycles. The van der Waals surface area contributed by atoms with Crippen LogP contribution in [0.15, 0.2) is 6.20 Å². The third-order valence-corrected chi connectivity index (χ3v) is 4.09. The number of carbonyl (C=O) groups excluding carboxylic acids is 2. The molecule has 0 aliphatic carbocycles. The number of Topliss-reactive ketones (excluding diaryl/α,β-unsaturated/α-hetero) is 1. The third-order valence-electron chi connectivity index (χ3n) is 4.09. The number of hydrogen-bond acceptors (Lipinski definition) is 5. The topological polar surface area (TPSA) is 77.3 Å². The number of ether oxygens (including phenoxy) is 1. The average Bonchev–Trinajstić information content (AvgIpc) is 2.93. The van der Waals surface area contributed by atoms with E-state index < -0.39 is 11.3 Å². The van der Waals surface area contributed by atoms with E-state index in [-0.39, 0.29) is 17.9 Å². The Kier molecular flexibility index (Phi) is 3.32. The number of amides is 1. The fourth-order valence-electron chi connectivity index (χ4n) is 2.83. The number of piperidine rings is 1. The van der Waals surface area contributed by atoms with Gasteiger partial charge >= 0.3 is 0 Å². The second-order valence-corrected chi connectivity index (χ2v) is 6.71. The molecule has 7 nitrogen and oxygen atoms in total. The van der Waals surface area contributed by atoms with E-state index in [4.69, 9.17) is 4.74 Å². The molecular weight excluding hydrogens is 272 g/mol. The molecule has 0 N–H and O–H groups in total.